The van der Waals surface area contributed by atoms with Gasteiger partial charge in [-0.15, -0.1) is 0 Å². The summed E-state index contributed by atoms with van der Waals surface area (Å²) in [6.45, 7) is 1.18. The van der Waals surface area contributed by atoms with Crippen molar-refractivity contribution in [2.45, 2.75) is 23.6 Å². The molecule has 3 nitrogen and oxygen atoms in total. The second kappa shape index (κ2) is 6.23. The number of hydrogen-bond acceptors (Lipinski definition) is 3. The average molecular weight is 335 g/mol. The standard InChI is InChI=1S/C13H13BrF2O3/c1-8(17)11(14)10(9-6-4-3-5-7-9)13(15,16)12(18)19-2/h3-7,10-11H,1-2H3. The molecule has 1 rings (SSSR count). The Hall–Kier alpha value is -1.30. The van der Waals surface area contributed by atoms with Crippen molar-refractivity contribution in [1.29, 1.82) is 0 Å². The van der Waals surface area contributed by atoms with Crippen molar-refractivity contribution in [1.82, 2.24) is 0 Å². The zero-order valence-corrected chi connectivity index (χ0v) is 12.0. The van der Waals surface area contributed by atoms with Crippen molar-refractivity contribution >= 4 is 27.7 Å². The highest BCUT2D eigenvalue weighted by molar-refractivity contribution is 9.10. The fraction of sp³-hybridized carbons (Fsp3) is 0.385. The van der Waals surface area contributed by atoms with E-state index in [-0.39, 0.29) is 5.56 Å². The van der Waals surface area contributed by atoms with Crippen molar-refractivity contribution in [2.24, 2.45) is 0 Å². The molecule has 0 fully saturated rings. The third-order valence-corrected chi connectivity index (χ3v) is 3.86. The van der Waals surface area contributed by atoms with Gasteiger partial charge in [-0.05, 0) is 12.5 Å². The van der Waals surface area contributed by atoms with Gasteiger partial charge in [0.2, 0.25) is 0 Å². The molecule has 1 aromatic carbocycles. The monoisotopic (exact) mass is 334 g/mol. The highest BCUT2D eigenvalue weighted by atomic mass is 79.9. The molecule has 0 aliphatic rings. The smallest absolute Gasteiger partial charge is 0.377 e. The first-order valence-corrected chi connectivity index (χ1v) is 6.39. The average Bonchev–Trinajstić information content (AvgIpc) is 2.38. The number of ether oxygens (including phenoxy) is 1. The van der Waals surface area contributed by atoms with Crippen LogP contribution in [0.1, 0.15) is 18.4 Å². The summed E-state index contributed by atoms with van der Waals surface area (Å²) in [5.74, 6) is -7.56. The maximum atomic E-state index is 14.1. The van der Waals surface area contributed by atoms with Crippen LogP contribution < -0.4 is 0 Å². The number of Topliss-reactive ketones (excluding diaryl/α,β-unsaturated/α-hetero) is 1. The highest BCUT2D eigenvalue weighted by Gasteiger charge is 2.53. The number of carbonyl (C=O) groups excluding carboxylic acids is 2. The molecular formula is C13H13BrF2O3. The van der Waals surface area contributed by atoms with Crippen LogP contribution in [0.25, 0.3) is 0 Å². The Kier molecular flexibility index (Phi) is 5.17. The molecule has 0 saturated heterocycles. The molecule has 0 N–H and O–H groups in total. The molecule has 0 aliphatic carbocycles. The second-order valence-electron chi connectivity index (χ2n) is 4.02. The van der Waals surface area contributed by atoms with E-state index in [1.54, 1.807) is 18.2 Å². The molecular weight excluding hydrogens is 322 g/mol. The van der Waals surface area contributed by atoms with Crippen LogP contribution in [-0.2, 0) is 14.3 Å². The molecule has 2 atom stereocenters. The van der Waals surface area contributed by atoms with Gasteiger partial charge in [-0.25, -0.2) is 4.79 Å². The van der Waals surface area contributed by atoms with E-state index in [0.717, 1.165) is 7.11 Å². The first-order valence-electron chi connectivity index (χ1n) is 5.48. The van der Waals surface area contributed by atoms with Gasteiger partial charge in [-0.1, -0.05) is 46.3 Å². The van der Waals surface area contributed by atoms with Gasteiger partial charge in [-0.2, -0.15) is 8.78 Å². The fourth-order valence-electron chi connectivity index (χ4n) is 1.72. The molecule has 104 valence electrons. The van der Waals surface area contributed by atoms with Crippen LogP contribution in [0.15, 0.2) is 30.3 Å². The Balaban J connectivity index is 3.28. The summed E-state index contributed by atoms with van der Waals surface area (Å²) in [7, 11) is 0.884. The topological polar surface area (TPSA) is 43.4 Å². The van der Waals surface area contributed by atoms with E-state index in [1.807, 2.05) is 0 Å². The molecule has 0 radical (unpaired) electrons. The summed E-state index contributed by atoms with van der Waals surface area (Å²) in [4.78, 5) is 21.5. The predicted octanol–water partition coefficient (Wildman–Crippen LogP) is 2.93. The van der Waals surface area contributed by atoms with E-state index < -0.39 is 28.4 Å². The number of ketones is 1. The van der Waals surface area contributed by atoms with E-state index in [9.17, 15) is 18.4 Å². The zero-order valence-electron chi connectivity index (χ0n) is 10.4. The second-order valence-corrected chi connectivity index (χ2v) is 5.00. The third-order valence-electron chi connectivity index (χ3n) is 2.69. The van der Waals surface area contributed by atoms with Crippen LogP contribution >= 0.6 is 15.9 Å². The van der Waals surface area contributed by atoms with Gasteiger partial charge >= 0.3 is 11.9 Å². The first-order chi connectivity index (χ1) is 8.82. The molecule has 2 unspecified atom stereocenters. The van der Waals surface area contributed by atoms with Gasteiger partial charge in [0.25, 0.3) is 0 Å². The van der Waals surface area contributed by atoms with Gasteiger partial charge < -0.3 is 4.74 Å². The Morgan fingerprint density at radius 1 is 1.26 bits per heavy atom. The third kappa shape index (κ3) is 3.37. The van der Waals surface area contributed by atoms with Gasteiger partial charge in [0.15, 0.2) is 0 Å². The van der Waals surface area contributed by atoms with Gasteiger partial charge in [0.1, 0.15) is 5.78 Å². The number of carbonyl (C=O) groups is 2. The van der Waals surface area contributed by atoms with Crippen molar-refractivity contribution in [3.63, 3.8) is 0 Å². The Morgan fingerprint density at radius 2 is 1.79 bits per heavy atom. The number of methoxy groups -OCH3 is 1. The van der Waals surface area contributed by atoms with Crippen molar-refractivity contribution < 1.29 is 23.1 Å². The van der Waals surface area contributed by atoms with Gasteiger partial charge in [-0.3, -0.25) is 4.79 Å². The SMILES string of the molecule is COC(=O)C(F)(F)C(c1ccccc1)C(Br)C(C)=O. The van der Waals surface area contributed by atoms with E-state index >= 15 is 0 Å². The van der Waals surface area contributed by atoms with Crippen molar-refractivity contribution in [2.75, 3.05) is 7.11 Å². The molecule has 0 heterocycles. The van der Waals surface area contributed by atoms with Crippen molar-refractivity contribution in [3.05, 3.63) is 35.9 Å². The summed E-state index contributed by atoms with van der Waals surface area (Å²) in [6.07, 6.45) is 0. The highest BCUT2D eigenvalue weighted by Crippen LogP contribution is 2.40. The molecule has 0 aromatic heterocycles. The number of halogens is 3. The normalized spacial score (nSPS) is 14.6. The quantitative estimate of drug-likeness (QED) is 0.614. The van der Waals surface area contributed by atoms with E-state index in [4.69, 9.17) is 0 Å². The summed E-state index contributed by atoms with van der Waals surface area (Å²) >= 11 is 2.94. The Labute approximate surface area is 118 Å². The Bertz CT molecular complexity index is 462. The van der Waals surface area contributed by atoms with Crippen LogP contribution in [0.3, 0.4) is 0 Å². The minimum Gasteiger partial charge on any atom is -0.465 e. The lowest BCUT2D eigenvalue weighted by atomic mass is 9.88. The number of esters is 1. The molecule has 6 heteroatoms. The lowest BCUT2D eigenvalue weighted by molar-refractivity contribution is -0.172. The first kappa shape index (κ1) is 15.8. The van der Waals surface area contributed by atoms with Crippen LogP contribution in [0.2, 0.25) is 0 Å². The summed E-state index contributed by atoms with van der Waals surface area (Å²) in [6, 6.07) is 7.68. The lowest BCUT2D eigenvalue weighted by Gasteiger charge is -2.27. The van der Waals surface area contributed by atoms with E-state index in [1.165, 1.54) is 19.1 Å². The van der Waals surface area contributed by atoms with E-state index in [2.05, 4.69) is 20.7 Å². The maximum Gasteiger partial charge on any atom is 0.377 e. The minimum atomic E-state index is -3.80. The number of rotatable bonds is 5. The lowest BCUT2D eigenvalue weighted by Crippen LogP contribution is -2.42. The molecule has 19 heavy (non-hydrogen) atoms. The maximum absolute atomic E-state index is 14.1. The van der Waals surface area contributed by atoms with E-state index in [0.29, 0.717) is 0 Å². The van der Waals surface area contributed by atoms with Crippen LogP contribution in [0.4, 0.5) is 8.78 Å². The molecule has 0 saturated carbocycles. The van der Waals surface area contributed by atoms with Crippen LogP contribution in [0.5, 0.6) is 0 Å². The molecule has 0 spiro atoms. The molecule has 0 bridgehead atoms. The zero-order chi connectivity index (χ0) is 14.6. The number of alkyl halides is 3. The molecule has 0 amide bonds. The summed E-state index contributed by atoms with van der Waals surface area (Å²) < 4.78 is 32.4. The summed E-state index contributed by atoms with van der Waals surface area (Å²) in [5.41, 5.74) is 0.190. The molecule has 0 aliphatic heterocycles. The van der Waals surface area contributed by atoms with Gasteiger partial charge in [0.05, 0.1) is 17.9 Å². The molecule has 1 aromatic rings. The number of benzene rings is 1. The summed E-state index contributed by atoms with van der Waals surface area (Å²) in [5, 5.41) is 0. The van der Waals surface area contributed by atoms with Crippen LogP contribution in [-0.4, -0.2) is 29.6 Å². The predicted molar refractivity (Wildman–Crippen MR) is 69.5 cm³/mol. The van der Waals surface area contributed by atoms with Gasteiger partial charge in [0, 0.05) is 0 Å². The van der Waals surface area contributed by atoms with Crippen molar-refractivity contribution in [3.8, 4) is 0 Å². The minimum absolute atomic E-state index is 0.190. The fourth-order valence-corrected chi connectivity index (χ4v) is 2.36. The number of hydrogen-bond donors (Lipinski definition) is 0. The van der Waals surface area contributed by atoms with Crippen LogP contribution in [0, 0.1) is 0 Å². The largest absolute Gasteiger partial charge is 0.465 e. The Morgan fingerprint density at radius 3 is 2.21 bits per heavy atom.